The standard InChI is InChI=1S/C36H60O30/c37-1-7-25-13(43)19(49)31(55-7)62-26-8(2-38)57-33(21(51)15(26)45)64-28-10(4-40)59-35(23(53)17(28)47)66-30-12(6-42)60-36(24(54)18(30)48)65-29-11(5-41)58-34(22(52)16(29)46)63-27-9(3-39)56-32(61-25)20(50)14(27)44/h7-54H,1-6H2/t7-,8-,9-,10-,11-,12-,13-,14-,15-,16-,17-,18+,19-,20-,21-,22-,23-,24+,25-,26-,27-,28-,29-,30-,31-,32-,33-,34-,35-,36-/m1/s1. The molecule has 0 aromatic carbocycles. The molecule has 18 N–H and O–H groups in total. The maximum atomic E-state index is 11.2. The van der Waals surface area contributed by atoms with Crippen molar-refractivity contribution in [3.05, 3.63) is 0 Å². The third-order valence-electron chi connectivity index (χ3n) is 12.7. The molecular formula is C36H60O30. The number of hydrogen-bond donors (Lipinski definition) is 18. The third-order valence-corrected chi connectivity index (χ3v) is 12.7. The highest BCUT2D eigenvalue weighted by atomic mass is 16.8. The van der Waals surface area contributed by atoms with Gasteiger partial charge in [-0.25, -0.2) is 0 Å². The molecule has 0 aromatic heterocycles. The van der Waals surface area contributed by atoms with Crippen molar-refractivity contribution in [1.29, 1.82) is 0 Å². The van der Waals surface area contributed by atoms with Gasteiger partial charge in [-0.2, -0.15) is 0 Å². The van der Waals surface area contributed by atoms with Crippen LogP contribution >= 0.6 is 0 Å². The number of aliphatic hydroxyl groups excluding tert-OH is 18. The van der Waals surface area contributed by atoms with Crippen LogP contribution in [0.4, 0.5) is 0 Å². The minimum atomic E-state index is -2.15. The van der Waals surface area contributed by atoms with Crippen LogP contribution in [-0.2, 0) is 56.8 Å². The first kappa shape index (κ1) is 52.6. The van der Waals surface area contributed by atoms with Crippen LogP contribution < -0.4 is 0 Å². The molecule has 22 heterocycles. The van der Waals surface area contributed by atoms with Crippen molar-refractivity contribution in [3.8, 4) is 0 Å². The Hall–Kier alpha value is -1.20. The molecule has 0 saturated carbocycles. The smallest absolute Gasteiger partial charge is 0.187 e. The minimum Gasteiger partial charge on any atom is -0.394 e. The Bertz CT molecular complexity index is 1230. The van der Waals surface area contributed by atoms with E-state index in [1.165, 1.54) is 0 Å². The molecule has 30 heteroatoms. The van der Waals surface area contributed by atoms with Gasteiger partial charge in [0.25, 0.3) is 0 Å². The van der Waals surface area contributed by atoms with E-state index in [-0.39, 0.29) is 0 Å². The van der Waals surface area contributed by atoms with E-state index in [9.17, 15) is 91.9 Å². The zero-order valence-corrected chi connectivity index (χ0v) is 34.5. The summed E-state index contributed by atoms with van der Waals surface area (Å²) in [5.41, 5.74) is 0. The predicted octanol–water partition coefficient (Wildman–Crippen LogP) is -13.1. The highest BCUT2D eigenvalue weighted by Gasteiger charge is 2.58. The molecule has 0 aromatic rings. The lowest BCUT2D eigenvalue weighted by atomic mass is 9.94. The van der Waals surface area contributed by atoms with E-state index in [1.54, 1.807) is 0 Å². The molecule has 0 radical (unpaired) electrons. The molecule has 0 amide bonds. The van der Waals surface area contributed by atoms with Crippen molar-refractivity contribution in [2.75, 3.05) is 39.6 Å². The van der Waals surface area contributed by atoms with Crippen molar-refractivity contribution in [1.82, 2.24) is 0 Å². The second-order valence-corrected chi connectivity index (χ2v) is 16.8. The molecule has 30 atom stereocenters. The van der Waals surface area contributed by atoms with Crippen molar-refractivity contribution in [2.24, 2.45) is 0 Å². The largest absolute Gasteiger partial charge is 0.394 e. The Labute approximate surface area is 372 Å². The third kappa shape index (κ3) is 10.0. The Kier molecular flexibility index (Phi) is 17.6. The number of ether oxygens (including phenoxy) is 12. The topological polar surface area (TPSA) is 475 Å². The summed E-state index contributed by atoms with van der Waals surface area (Å²) in [4.78, 5) is 0. The molecule has 66 heavy (non-hydrogen) atoms. The average Bonchev–Trinajstić information content (AvgIpc) is 3.31. The SMILES string of the molecule is OC[C@H]1O[C@@H]2O[C@H]3[C@H](O)[C@@H](O)[C@@H](O[C@H]4[C@H](O)[C@@H](O)[C@@H](O[C@H]5[C@H](O)[C@@H](O)[C@@H](O[C@H]6[C@H](O)[C@@H](O)[C@@H](O[C@H]7[C@@H](O)[C@H](O)[C@@H](O[C@H]1[C@H](O)[C@H]2O)O[C@@H]7CO)O[C@@H]6CO)O[C@@H]5CO)O[C@@H]4CO)O[C@@H]3CO. The highest BCUT2D eigenvalue weighted by molar-refractivity contribution is 5.01. The van der Waals surface area contributed by atoms with Crippen LogP contribution in [-0.4, -0.2) is 316 Å². The van der Waals surface area contributed by atoms with Gasteiger partial charge in [0, 0.05) is 0 Å². The predicted molar refractivity (Wildman–Crippen MR) is 196 cm³/mol. The van der Waals surface area contributed by atoms with Crippen molar-refractivity contribution in [2.45, 2.75) is 184 Å². The summed E-state index contributed by atoms with van der Waals surface area (Å²) in [5.74, 6) is 0. The monoisotopic (exact) mass is 972 g/mol. The average molecular weight is 973 g/mol. The van der Waals surface area contributed by atoms with Gasteiger partial charge in [-0.05, 0) is 0 Å². The second kappa shape index (κ2) is 22.1. The van der Waals surface area contributed by atoms with E-state index >= 15 is 0 Å². The summed E-state index contributed by atoms with van der Waals surface area (Å²) in [5, 5.41) is 196. The van der Waals surface area contributed by atoms with Crippen molar-refractivity contribution >= 4 is 0 Å². The van der Waals surface area contributed by atoms with Gasteiger partial charge in [0.1, 0.15) is 146 Å². The fraction of sp³-hybridized carbons (Fsp3) is 1.00. The lowest BCUT2D eigenvalue weighted by Gasteiger charge is -2.50. The quantitative estimate of drug-likeness (QED) is 0.117. The van der Waals surface area contributed by atoms with Gasteiger partial charge in [0.05, 0.1) is 39.6 Å². The fourth-order valence-electron chi connectivity index (χ4n) is 8.93. The highest BCUT2D eigenvalue weighted by Crippen LogP contribution is 2.38. The normalized spacial score (nSPS) is 55.4. The van der Waals surface area contributed by atoms with Crippen LogP contribution in [0.5, 0.6) is 0 Å². The summed E-state index contributed by atoms with van der Waals surface area (Å²) in [6.45, 7) is -5.99. The van der Waals surface area contributed by atoms with Crippen LogP contribution in [0.3, 0.4) is 0 Å². The summed E-state index contributed by atoms with van der Waals surface area (Å²) in [6, 6.07) is 0. The lowest BCUT2D eigenvalue weighted by molar-refractivity contribution is -0.404. The van der Waals surface area contributed by atoms with E-state index in [0.717, 1.165) is 0 Å². The van der Waals surface area contributed by atoms with Gasteiger partial charge < -0.3 is 149 Å². The van der Waals surface area contributed by atoms with Crippen LogP contribution in [0, 0.1) is 0 Å². The van der Waals surface area contributed by atoms with Gasteiger partial charge in [-0.15, -0.1) is 0 Å². The zero-order chi connectivity index (χ0) is 48.0. The molecule has 22 fully saturated rings. The van der Waals surface area contributed by atoms with E-state index in [4.69, 9.17) is 56.8 Å². The number of aliphatic hydroxyl groups is 18. The second-order valence-electron chi connectivity index (χ2n) is 16.8. The van der Waals surface area contributed by atoms with Crippen molar-refractivity contribution in [3.63, 3.8) is 0 Å². The maximum Gasteiger partial charge on any atom is 0.187 e. The summed E-state index contributed by atoms with van der Waals surface area (Å²) in [7, 11) is 0. The molecule has 384 valence electrons. The molecule has 22 aliphatic heterocycles. The lowest BCUT2D eigenvalue weighted by Crippen LogP contribution is -2.69. The minimum absolute atomic E-state index is 0.999. The van der Waals surface area contributed by atoms with E-state index in [2.05, 4.69) is 0 Å². The van der Waals surface area contributed by atoms with E-state index < -0.39 is 224 Å². The molecule has 22 aliphatic rings. The van der Waals surface area contributed by atoms with Gasteiger partial charge in [0.2, 0.25) is 0 Å². The first-order valence-electron chi connectivity index (χ1n) is 21.1. The molecule has 0 aliphatic carbocycles. The Balaban J connectivity index is 1.19. The molecule has 22 rings (SSSR count). The number of rotatable bonds is 6. The number of hydrogen-bond acceptors (Lipinski definition) is 30. The van der Waals surface area contributed by atoms with Crippen LogP contribution in [0.1, 0.15) is 0 Å². The molecular weight excluding hydrogens is 912 g/mol. The Morgan fingerprint density at radius 3 is 0.409 bits per heavy atom. The first-order chi connectivity index (χ1) is 31.4. The van der Waals surface area contributed by atoms with E-state index in [1.807, 2.05) is 0 Å². The van der Waals surface area contributed by atoms with Gasteiger partial charge >= 0.3 is 0 Å². The Morgan fingerprint density at radius 2 is 0.303 bits per heavy atom. The first-order valence-corrected chi connectivity index (χ1v) is 21.1. The molecule has 0 unspecified atom stereocenters. The van der Waals surface area contributed by atoms with E-state index in [0.29, 0.717) is 0 Å². The zero-order valence-electron chi connectivity index (χ0n) is 34.5. The summed E-state index contributed by atoms with van der Waals surface area (Å²) >= 11 is 0. The molecule has 30 nitrogen and oxygen atoms in total. The maximum absolute atomic E-state index is 11.2. The summed E-state index contributed by atoms with van der Waals surface area (Å²) in [6.07, 6.45) is -58.5. The van der Waals surface area contributed by atoms with Gasteiger partial charge in [-0.1, -0.05) is 0 Å². The van der Waals surface area contributed by atoms with Gasteiger partial charge in [0.15, 0.2) is 37.7 Å². The summed E-state index contributed by atoms with van der Waals surface area (Å²) < 4.78 is 67.9. The van der Waals surface area contributed by atoms with Crippen LogP contribution in [0.2, 0.25) is 0 Å². The fourth-order valence-corrected chi connectivity index (χ4v) is 8.93. The molecule has 0 spiro atoms. The van der Waals surface area contributed by atoms with Crippen LogP contribution in [0.25, 0.3) is 0 Å². The van der Waals surface area contributed by atoms with Gasteiger partial charge in [-0.3, -0.25) is 0 Å². The van der Waals surface area contributed by atoms with Crippen LogP contribution in [0.15, 0.2) is 0 Å². The molecule has 12 bridgehead atoms. The molecule has 22 saturated heterocycles. The Morgan fingerprint density at radius 1 is 0.182 bits per heavy atom. The van der Waals surface area contributed by atoms with Crippen molar-refractivity contribution < 1.29 is 149 Å².